The van der Waals surface area contributed by atoms with E-state index < -0.39 is 6.10 Å². The molecule has 1 amide bonds. The molecule has 0 radical (unpaired) electrons. The SMILES string of the molecule is CN(C)CC(O)COc1ccc(NC(=O)c2ccco2)cc1. The summed E-state index contributed by atoms with van der Waals surface area (Å²) in [7, 11) is 3.78. The highest BCUT2D eigenvalue weighted by atomic mass is 16.5. The number of likely N-dealkylation sites (N-methyl/N-ethyl adjacent to an activating group) is 1. The van der Waals surface area contributed by atoms with Crippen molar-refractivity contribution >= 4 is 11.6 Å². The third-order valence-electron chi connectivity index (χ3n) is 2.88. The number of carbonyl (C=O) groups excluding carboxylic acids is 1. The molecule has 1 aromatic heterocycles. The van der Waals surface area contributed by atoms with Crippen molar-refractivity contribution in [3.8, 4) is 5.75 Å². The number of hydrogen-bond acceptors (Lipinski definition) is 5. The molecule has 0 aliphatic carbocycles. The average molecular weight is 304 g/mol. The van der Waals surface area contributed by atoms with Gasteiger partial charge in [0.2, 0.25) is 0 Å². The number of benzene rings is 1. The first-order valence-electron chi connectivity index (χ1n) is 6.95. The van der Waals surface area contributed by atoms with Gasteiger partial charge in [0.05, 0.1) is 6.26 Å². The predicted octanol–water partition coefficient (Wildman–Crippen LogP) is 1.83. The van der Waals surface area contributed by atoms with E-state index in [-0.39, 0.29) is 18.3 Å². The van der Waals surface area contributed by atoms with Gasteiger partial charge in [0, 0.05) is 12.2 Å². The summed E-state index contributed by atoms with van der Waals surface area (Å²) in [4.78, 5) is 13.7. The maximum atomic E-state index is 11.8. The second kappa shape index (κ2) is 7.63. The highest BCUT2D eigenvalue weighted by Gasteiger charge is 2.09. The molecule has 0 bridgehead atoms. The topological polar surface area (TPSA) is 74.9 Å². The molecule has 0 aliphatic rings. The van der Waals surface area contributed by atoms with Crippen LogP contribution in [-0.4, -0.2) is 49.3 Å². The summed E-state index contributed by atoms with van der Waals surface area (Å²) in [6.07, 6.45) is 0.901. The summed E-state index contributed by atoms with van der Waals surface area (Å²) in [5, 5.41) is 12.4. The quantitative estimate of drug-likeness (QED) is 0.816. The smallest absolute Gasteiger partial charge is 0.291 e. The number of furan rings is 1. The Morgan fingerprint density at radius 2 is 2.05 bits per heavy atom. The average Bonchev–Trinajstić information content (AvgIpc) is 3.00. The van der Waals surface area contributed by atoms with Crippen LogP contribution in [0.2, 0.25) is 0 Å². The third kappa shape index (κ3) is 4.91. The summed E-state index contributed by atoms with van der Waals surface area (Å²) in [5.74, 6) is 0.584. The summed E-state index contributed by atoms with van der Waals surface area (Å²) < 4.78 is 10.5. The van der Waals surface area contributed by atoms with Crippen molar-refractivity contribution in [2.24, 2.45) is 0 Å². The number of aliphatic hydroxyl groups excluding tert-OH is 1. The van der Waals surface area contributed by atoms with E-state index in [1.807, 2.05) is 19.0 Å². The monoisotopic (exact) mass is 304 g/mol. The summed E-state index contributed by atoms with van der Waals surface area (Å²) in [6.45, 7) is 0.758. The fourth-order valence-corrected chi connectivity index (χ4v) is 1.90. The largest absolute Gasteiger partial charge is 0.491 e. The zero-order valence-electron chi connectivity index (χ0n) is 12.7. The maximum Gasteiger partial charge on any atom is 0.291 e. The number of ether oxygens (including phenoxy) is 1. The molecule has 6 heteroatoms. The van der Waals surface area contributed by atoms with Crippen LogP contribution in [0.1, 0.15) is 10.6 Å². The van der Waals surface area contributed by atoms with Crippen molar-refractivity contribution in [1.29, 1.82) is 0 Å². The van der Waals surface area contributed by atoms with Gasteiger partial charge in [0.1, 0.15) is 18.5 Å². The van der Waals surface area contributed by atoms with Crippen LogP contribution in [0.5, 0.6) is 5.75 Å². The zero-order chi connectivity index (χ0) is 15.9. The van der Waals surface area contributed by atoms with Crippen molar-refractivity contribution < 1.29 is 19.1 Å². The van der Waals surface area contributed by atoms with Gasteiger partial charge in [-0.2, -0.15) is 0 Å². The first-order chi connectivity index (χ1) is 10.5. The second-order valence-corrected chi connectivity index (χ2v) is 5.18. The first-order valence-corrected chi connectivity index (χ1v) is 6.95. The van der Waals surface area contributed by atoms with E-state index in [0.717, 1.165) is 0 Å². The fraction of sp³-hybridized carbons (Fsp3) is 0.312. The van der Waals surface area contributed by atoms with Crippen LogP contribution in [0.15, 0.2) is 47.1 Å². The van der Waals surface area contributed by atoms with Crippen LogP contribution in [0.4, 0.5) is 5.69 Å². The Morgan fingerprint density at radius 1 is 1.32 bits per heavy atom. The molecule has 0 aliphatic heterocycles. The van der Waals surface area contributed by atoms with Gasteiger partial charge < -0.3 is 24.5 Å². The first kappa shape index (κ1) is 16.1. The predicted molar refractivity (Wildman–Crippen MR) is 83.2 cm³/mol. The van der Waals surface area contributed by atoms with Crippen LogP contribution in [-0.2, 0) is 0 Å². The van der Waals surface area contributed by atoms with Gasteiger partial charge in [-0.3, -0.25) is 4.79 Å². The molecule has 0 saturated heterocycles. The van der Waals surface area contributed by atoms with Crippen LogP contribution in [0.25, 0.3) is 0 Å². The molecule has 2 aromatic rings. The zero-order valence-corrected chi connectivity index (χ0v) is 12.7. The normalized spacial score (nSPS) is 12.2. The Labute approximate surface area is 129 Å². The number of nitrogens with zero attached hydrogens (tertiary/aromatic N) is 1. The molecule has 2 N–H and O–H groups in total. The summed E-state index contributed by atoms with van der Waals surface area (Å²) in [6, 6.07) is 10.2. The van der Waals surface area contributed by atoms with Gasteiger partial charge in [-0.15, -0.1) is 0 Å². The minimum absolute atomic E-state index is 0.219. The standard InChI is InChI=1S/C16H20N2O4/c1-18(2)10-13(19)11-22-14-7-5-12(6-8-14)17-16(20)15-4-3-9-21-15/h3-9,13,19H,10-11H2,1-2H3,(H,17,20). The number of rotatable bonds is 7. The molecule has 0 fully saturated rings. The van der Waals surface area contributed by atoms with Crippen molar-refractivity contribution in [1.82, 2.24) is 4.90 Å². The van der Waals surface area contributed by atoms with Gasteiger partial charge >= 0.3 is 0 Å². The molecule has 6 nitrogen and oxygen atoms in total. The van der Waals surface area contributed by atoms with Crippen LogP contribution >= 0.6 is 0 Å². The minimum Gasteiger partial charge on any atom is -0.491 e. The van der Waals surface area contributed by atoms with E-state index in [0.29, 0.717) is 18.0 Å². The molecular formula is C16H20N2O4. The molecule has 1 unspecified atom stereocenters. The highest BCUT2D eigenvalue weighted by Crippen LogP contribution is 2.17. The Hall–Kier alpha value is -2.31. The number of aliphatic hydroxyl groups is 1. The molecule has 1 atom stereocenters. The van der Waals surface area contributed by atoms with Crippen LogP contribution in [0, 0.1) is 0 Å². The highest BCUT2D eigenvalue weighted by molar-refractivity contribution is 6.02. The van der Waals surface area contributed by atoms with Gasteiger partial charge in [0.25, 0.3) is 5.91 Å². The number of nitrogens with one attached hydrogen (secondary N) is 1. The lowest BCUT2D eigenvalue weighted by atomic mass is 10.3. The fourth-order valence-electron chi connectivity index (χ4n) is 1.90. The Morgan fingerprint density at radius 3 is 2.64 bits per heavy atom. The molecule has 1 heterocycles. The van der Waals surface area contributed by atoms with Crippen molar-refractivity contribution in [2.45, 2.75) is 6.10 Å². The van der Waals surface area contributed by atoms with Gasteiger partial charge in [-0.1, -0.05) is 0 Å². The molecule has 0 saturated carbocycles. The Balaban J connectivity index is 1.84. The molecule has 22 heavy (non-hydrogen) atoms. The second-order valence-electron chi connectivity index (χ2n) is 5.18. The van der Waals surface area contributed by atoms with E-state index in [9.17, 15) is 9.90 Å². The van der Waals surface area contributed by atoms with Crippen LogP contribution in [0.3, 0.4) is 0 Å². The molecular weight excluding hydrogens is 284 g/mol. The molecule has 118 valence electrons. The van der Waals surface area contributed by atoms with E-state index in [4.69, 9.17) is 9.15 Å². The van der Waals surface area contributed by atoms with Gasteiger partial charge in [-0.25, -0.2) is 0 Å². The number of amides is 1. The van der Waals surface area contributed by atoms with Crippen molar-refractivity contribution in [2.75, 3.05) is 32.6 Å². The Bertz CT molecular complexity index is 579. The van der Waals surface area contributed by atoms with Gasteiger partial charge in [0.15, 0.2) is 5.76 Å². The van der Waals surface area contributed by atoms with E-state index in [1.54, 1.807) is 36.4 Å². The number of carbonyl (C=O) groups is 1. The minimum atomic E-state index is -0.548. The van der Waals surface area contributed by atoms with E-state index >= 15 is 0 Å². The summed E-state index contributed by atoms with van der Waals surface area (Å²) >= 11 is 0. The van der Waals surface area contributed by atoms with Crippen molar-refractivity contribution in [3.05, 3.63) is 48.4 Å². The molecule has 1 aromatic carbocycles. The number of anilines is 1. The lowest BCUT2D eigenvalue weighted by molar-refractivity contribution is 0.0831. The Kier molecular flexibility index (Phi) is 5.57. The third-order valence-corrected chi connectivity index (χ3v) is 2.88. The molecule has 2 rings (SSSR count). The lowest BCUT2D eigenvalue weighted by Crippen LogP contribution is -2.30. The molecule has 0 spiro atoms. The maximum absolute atomic E-state index is 11.8. The van der Waals surface area contributed by atoms with Gasteiger partial charge in [-0.05, 0) is 50.5 Å². The van der Waals surface area contributed by atoms with Crippen molar-refractivity contribution in [3.63, 3.8) is 0 Å². The van der Waals surface area contributed by atoms with E-state index in [1.165, 1.54) is 6.26 Å². The van der Waals surface area contributed by atoms with E-state index in [2.05, 4.69) is 5.32 Å². The summed E-state index contributed by atoms with van der Waals surface area (Å²) in [5.41, 5.74) is 0.641. The lowest BCUT2D eigenvalue weighted by Gasteiger charge is -2.16. The van der Waals surface area contributed by atoms with Crippen LogP contribution < -0.4 is 10.1 Å². The number of hydrogen-bond donors (Lipinski definition) is 2.